The SMILES string of the molecule is CCOC(=O)N1CCN(C(=O)c2sccc2S(=O)(=O)N2CCCC2)CC1. The largest absolute Gasteiger partial charge is 0.450 e. The molecule has 0 atom stereocenters. The second-order valence-corrected chi connectivity index (χ2v) is 9.03. The molecule has 1 aromatic heterocycles. The first kappa shape index (κ1) is 19.1. The fourth-order valence-corrected chi connectivity index (χ4v) is 6.05. The van der Waals surface area contributed by atoms with Gasteiger partial charge in [-0.1, -0.05) is 0 Å². The van der Waals surface area contributed by atoms with Crippen LogP contribution in [0.4, 0.5) is 4.79 Å². The Bertz CT molecular complexity index is 763. The molecule has 26 heavy (non-hydrogen) atoms. The molecule has 3 heterocycles. The van der Waals surface area contributed by atoms with Gasteiger partial charge < -0.3 is 14.5 Å². The third kappa shape index (κ3) is 3.72. The molecule has 0 radical (unpaired) electrons. The van der Waals surface area contributed by atoms with E-state index in [0.717, 1.165) is 24.2 Å². The van der Waals surface area contributed by atoms with Crippen molar-refractivity contribution < 1.29 is 22.7 Å². The summed E-state index contributed by atoms with van der Waals surface area (Å²) in [6.07, 6.45) is 1.32. The average molecular weight is 402 g/mol. The van der Waals surface area contributed by atoms with Crippen LogP contribution in [0.3, 0.4) is 0 Å². The zero-order chi connectivity index (χ0) is 18.7. The molecule has 2 fully saturated rings. The molecule has 144 valence electrons. The second kappa shape index (κ2) is 7.93. The molecule has 0 saturated carbocycles. The summed E-state index contributed by atoms with van der Waals surface area (Å²) in [6, 6.07) is 1.51. The molecular weight excluding hydrogens is 378 g/mol. The summed E-state index contributed by atoms with van der Waals surface area (Å²) in [6.45, 7) is 4.54. The Labute approximate surface area is 157 Å². The lowest BCUT2D eigenvalue weighted by Crippen LogP contribution is -2.50. The maximum atomic E-state index is 12.9. The molecule has 2 saturated heterocycles. The molecule has 2 amide bonds. The number of piperazine rings is 1. The van der Waals surface area contributed by atoms with E-state index in [1.165, 1.54) is 10.4 Å². The van der Waals surface area contributed by atoms with Crippen LogP contribution in [-0.2, 0) is 14.8 Å². The number of amides is 2. The van der Waals surface area contributed by atoms with E-state index in [2.05, 4.69) is 0 Å². The van der Waals surface area contributed by atoms with Gasteiger partial charge in [-0.3, -0.25) is 4.79 Å². The highest BCUT2D eigenvalue weighted by Gasteiger charge is 2.34. The lowest BCUT2D eigenvalue weighted by atomic mass is 10.3. The van der Waals surface area contributed by atoms with E-state index in [0.29, 0.717) is 45.9 Å². The van der Waals surface area contributed by atoms with Crippen molar-refractivity contribution >= 4 is 33.4 Å². The van der Waals surface area contributed by atoms with Crippen molar-refractivity contribution in [1.29, 1.82) is 0 Å². The maximum Gasteiger partial charge on any atom is 0.409 e. The normalized spacial score (nSPS) is 19.0. The van der Waals surface area contributed by atoms with E-state index in [-0.39, 0.29) is 21.8 Å². The van der Waals surface area contributed by atoms with Crippen molar-refractivity contribution in [3.05, 3.63) is 16.3 Å². The van der Waals surface area contributed by atoms with Gasteiger partial charge in [0.05, 0.1) is 6.61 Å². The van der Waals surface area contributed by atoms with Crippen LogP contribution in [0.15, 0.2) is 16.3 Å². The minimum absolute atomic E-state index is 0.0993. The van der Waals surface area contributed by atoms with Crippen LogP contribution in [0, 0.1) is 0 Å². The quantitative estimate of drug-likeness (QED) is 0.762. The van der Waals surface area contributed by atoms with Gasteiger partial charge in [-0.05, 0) is 31.2 Å². The van der Waals surface area contributed by atoms with Crippen molar-refractivity contribution in [2.24, 2.45) is 0 Å². The van der Waals surface area contributed by atoms with Crippen molar-refractivity contribution in [2.75, 3.05) is 45.9 Å². The van der Waals surface area contributed by atoms with Crippen LogP contribution in [0.2, 0.25) is 0 Å². The molecule has 0 spiro atoms. The molecule has 0 aliphatic carbocycles. The summed E-state index contributed by atoms with van der Waals surface area (Å²) in [5.74, 6) is -0.290. The lowest BCUT2D eigenvalue weighted by Gasteiger charge is -2.34. The number of sulfonamides is 1. The number of nitrogens with zero attached hydrogens (tertiary/aromatic N) is 3. The fourth-order valence-electron chi connectivity index (χ4n) is 3.17. The Hall–Kier alpha value is -1.65. The van der Waals surface area contributed by atoms with Gasteiger partial charge in [0.25, 0.3) is 5.91 Å². The smallest absolute Gasteiger partial charge is 0.409 e. The Morgan fingerprint density at radius 2 is 1.69 bits per heavy atom. The average Bonchev–Trinajstić information content (AvgIpc) is 3.33. The molecule has 2 aliphatic rings. The highest BCUT2D eigenvalue weighted by Crippen LogP contribution is 2.29. The third-order valence-electron chi connectivity index (χ3n) is 4.60. The zero-order valence-electron chi connectivity index (χ0n) is 14.7. The van der Waals surface area contributed by atoms with E-state index in [4.69, 9.17) is 4.74 Å². The van der Waals surface area contributed by atoms with Gasteiger partial charge >= 0.3 is 6.09 Å². The van der Waals surface area contributed by atoms with Gasteiger partial charge in [-0.2, -0.15) is 4.31 Å². The number of thiophene rings is 1. The van der Waals surface area contributed by atoms with E-state index in [1.54, 1.807) is 22.1 Å². The van der Waals surface area contributed by atoms with Crippen molar-refractivity contribution in [3.63, 3.8) is 0 Å². The van der Waals surface area contributed by atoms with Crippen LogP contribution in [0.5, 0.6) is 0 Å². The van der Waals surface area contributed by atoms with Crippen LogP contribution in [0.1, 0.15) is 29.4 Å². The monoisotopic (exact) mass is 401 g/mol. The zero-order valence-corrected chi connectivity index (χ0v) is 16.4. The van der Waals surface area contributed by atoms with Crippen molar-refractivity contribution in [1.82, 2.24) is 14.1 Å². The van der Waals surface area contributed by atoms with Gasteiger partial charge in [-0.15, -0.1) is 11.3 Å². The van der Waals surface area contributed by atoms with Crippen LogP contribution >= 0.6 is 11.3 Å². The first-order chi connectivity index (χ1) is 12.4. The first-order valence-electron chi connectivity index (χ1n) is 8.73. The summed E-state index contributed by atoms with van der Waals surface area (Å²) in [4.78, 5) is 28.1. The summed E-state index contributed by atoms with van der Waals surface area (Å²) >= 11 is 1.15. The van der Waals surface area contributed by atoms with Gasteiger partial charge in [0.1, 0.15) is 9.77 Å². The van der Waals surface area contributed by atoms with E-state index in [9.17, 15) is 18.0 Å². The van der Waals surface area contributed by atoms with Crippen LogP contribution in [0.25, 0.3) is 0 Å². The van der Waals surface area contributed by atoms with Crippen LogP contribution < -0.4 is 0 Å². The van der Waals surface area contributed by atoms with Crippen molar-refractivity contribution in [3.8, 4) is 0 Å². The minimum atomic E-state index is -3.63. The van der Waals surface area contributed by atoms with E-state index in [1.807, 2.05) is 0 Å². The maximum absolute atomic E-state index is 12.9. The topological polar surface area (TPSA) is 87.2 Å². The number of hydrogen-bond donors (Lipinski definition) is 0. The predicted octanol–water partition coefficient (Wildman–Crippen LogP) is 1.45. The molecule has 2 aliphatic heterocycles. The molecule has 8 nitrogen and oxygen atoms in total. The molecule has 1 aromatic rings. The number of ether oxygens (including phenoxy) is 1. The van der Waals surface area contributed by atoms with Gasteiger partial charge in [-0.25, -0.2) is 13.2 Å². The summed E-state index contributed by atoms with van der Waals surface area (Å²) in [7, 11) is -3.63. The minimum Gasteiger partial charge on any atom is -0.450 e. The van der Waals surface area contributed by atoms with Gasteiger partial charge in [0.15, 0.2) is 0 Å². The lowest BCUT2D eigenvalue weighted by molar-refractivity contribution is 0.0571. The summed E-state index contributed by atoms with van der Waals surface area (Å²) in [5.41, 5.74) is 0. The number of carbonyl (C=O) groups excluding carboxylic acids is 2. The third-order valence-corrected chi connectivity index (χ3v) is 7.57. The second-order valence-electron chi connectivity index (χ2n) is 6.20. The van der Waals surface area contributed by atoms with Crippen LogP contribution in [-0.4, -0.2) is 80.4 Å². The first-order valence-corrected chi connectivity index (χ1v) is 11.1. The van der Waals surface area contributed by atoms with Crippen molar-refractivity contribution in [2.45, 2.75) is 24.7 Å². The molecular formula is C16H23N3O5S2. The molecule has 10 heteroatoms. The highest BCUT2D eigenvalue weighted by molar-refractivity contribution is 7.89. The molecule has 0 N–H and O–H groups in total. The molecule has 3 rings (SSSR count). The van der Waals surface area contributed by atoms with E-state index < -0.39 is 10.0 Å². The molecule has 0 aromatic carbocycles. The fraction of sp³-hybridized carbons (Fsp3) is 0.625. The summed E-state index contributed by atoms with van der Waals surface area (Å²) < 4.78 is 32.0. The molecule has 0 bridgehead atoms. The Morgan fingerprint density at radius 1 is 1.08 bits per heavy atom. The standard InChI is InChI=1S/C16H23N3O5S2/c1-2-24-16(21)18-10-8-17(9-11-18)15(20)14-13(5-12-25-14)26(22,23)19-6-3-4-7-19/h5,12H,2-4,6-11H2,1H3. The number of carbonyl (C=O) groups is 2. The van der Waals surface area contributed by atoms with E-state index >= 15 is 0 Å². The predicted molar refractivity (Wildman–Crippen MR) is 96.8 cm³/mol. The Kier molecular flexibility index (Phi) is 5.83. The van der Waals surface area contributed by atoms with Gasteiger partial charge in [0, 0.05) is 39.3 Å². The number of hydrogen-bond acceptors (Lipinski definition) is 6. The van der Waals surface area contributed by atoms with Gasteiger partial charge in [0.2, 0.25) is 10.0 Å². The highest BCUT2D eigenvalue weighted by atomic mass is 32.2. The summed E-state index contributed by atoms with van der Waals surface area (Å²) in [5, 5.41) is 1.64. The molecule has 0 unspecified atom stereocenters. The Balaban J connectivity index is 1.70. The number of rotatable bonds is 4. The Morgan fingerprint density at radius 3 is 2.31 bits per heavy atom.